The van der Waals surface area contributed by atoms with Gasteiger partial charge in [0.2, 0.25) is 0 Å². The van der Waals surface area contributed by atoms with Crippen molar-refractivity contribution in [2.45, 2.75) is 19.4 Å². The average molecular weight is 463 g/mol. The van der Waals surface area contributed by atoms with E-state index in [-0.39, 0.29) is 0 Å². The predicted molar refractivity (Wildman–Crippen MR) is 128 cm³/mol. The minimum Gasteiger partial charge on any atom is -0.315 e. The van der Waals surface area contributed by atoms with Crippen LogP contribution in [0.2, 0.25) is 10.0 Å². The van der Waals surface area contributed by atoms with Crippen LogP contribution in [0.4, 0.5) is 0 Å². The summed E-state index contributed by atoms with van der Waals surface area (Å²) >= 11 is 13.0. The maximum Gasteiger partial charge on any atom is 0.147 e. The number of fused-ring (bicyclic) bond motifs is 3. The fourth-order valence-electron chi connectivity index (χ4n) is 4.49. The summed E-state index contributed by atoms with van der Waals surface area (Å²) < 4.78 is 4.12. The van der Waals surface area contributed by atoms with E-state index in [0.717, 1.165) is 64.1 Å². The minimum atomic E-state index is 0.404. The number of hydrogen-bond acceptors (Lipinski definition) is 4. The van der Waals surface area contributed by atoms with Crippen molar-refractivity contribution in [1.82, 2.24) is 29.5 Å². The summed E-state index contributed by atoms with van der Waals surface area (Å²) in [5, 5.41) is 10.1. The molecule has 6 nitrogen and oxygen atoms in total. The molecule has 6 rings (SSSR count). The van der Waals surface area contributed by atoms with Crippen LogP contribution in [0.25, 0.3) is 38.9 Å². The lowest BCUT2D eigenvalue weighted by Gasteiger charge is -2.08. The SMILES string of the molecule is Cc1c(-c2c(Cl)cccc2Cl)nc2c3cc(-c4cnn([C@H]5CCNC5)c4)cnc3ccn12. The van der Waals surface area contributed by atoms with Gasteiger partial charge in [-0.2, -0.15) is 5.10 Å². The van der Waals surface area contributed by atoms with Crippen LogP contribution < -0.4 is 5.32 Å². The van der Waals surface area contributed by atoms with Crippen LogP contribution in [-0.2, 0) is 0 Å². The molecule has 0 aliphatic carbocycles. The molecule has 5 heterocycles. The van der Waals surface area contributed by atoms with Gasteiger partial charge in [0, 0.05) is 52.9 Å². The average Bonchev–Trinajstić information content (AvgIpc) is 3.54. The minimum absolute atomic E-state index is 0.404. The summed E-state index contributed by atoms with van der Waals surface area (Å²) in [6, 6.07) is 10.1. The molecule has 1 aliphatic rings. The lowest BCUT2D eigenvalue weighted by atomic mass is 10.1. The van der Waals surface area contributed by atoms with Crippen molar-refractivity contribution >= 4 is 39.8 Å². The quantitative estimate of drug-likeness (QED) is 0.381. The summed E-state index contributed by atoms with van der Waals surface area (Å²) in [6.45, 7) is 4.02. The lowest BCUT2D eigenvalue weighted by Crippen LogP contribution is -2.13. The predicted octanol–water partition coefficient (Wildman–Crippen LogP) is 5.56. The summed E-state index contributed by atoms with van der Waals surface area (Å²) in [4.78, 5) is 9.67. The molecule has 1 aliphatic heterocycles. The topological polar surface area (TPSA) is 60.0 Å². The normalized spacial score (nSPS) is 16.4. The first-order valence-electron chi connectivity index (χ1n) is 10.6. The number of hydrogen-bond donors (Lipinski definition) is 1. The van der Waals surface area contributed by atoms with E-state index in [1.54, 1.807) is 0 Å². The van der Waals surface area contributed by atoms with Gasteiger partial charge in [-0.15, -0.1) is 0 Å². The molecule has 0 saturated carbocycles. The number of pyridine rings is 2. The highest BCUT2D eigenvalue weighted by Crippen LogP contribution is 2.37. The zero-order valence-electron chi connectivity index (χ0n) is 17.4. The second-order valence-electron chi connectivity index (χ2n) is 8.16. The van der Waals surface area contributed by atoms with Gasteiger partial charge in [0.1, 0.15) is 5.65 Å². The van der Waals surface area contributed by atoms with Crippen molar-refractivity contribution in [3.63, 3.8) is 0 Å². The van der Waals surface area contributed by atoms with Crippen molar-refractivity contribution in [1.29, 1.82) is 0 Å². The van der Waals surface area contributed by atoms with Crippen LogP contribution in [0.1, 0.15) is 18.2 Å². The molecule has 0 radical (unpaired) electrons. The molecule has 0 unspecified atom stereocenters. The van der Waals surface area contributed by atoms with Gasteiger partial charge in [-0.3, -0.25) is 9.67 Å². The first kappa shape index (κ1) is 19.7. The monoisotopic (exact) mass is 462 g/mol. The van der Waals surface area contributed by atoms with Crippen LogP contribution in [0.3, 0.4) is 0 Å². The molecule has 32 heavy (non-hydrogen) atoms. The third-order valence-electron chi connectivity index (χ3n) is 6.23. The van der Waals surface area contributed by atoms with Crippen molar-refractivity contribution in [2.24, 2.45) is 0 Å². The Morgan fingerprint density at radius 3 is 2.72 bits per heavy atom. The summed E-state index contributed by atoms with van der Waals surface area (Å²) in [5.41, 5.74) is 6.28. The number of nitrogens with one attached hydrogen (secondary N) is 1. The van der Waals surface area contributed by atoms with Gasteiger partial charge >= 0.3 is 0 Å². The number of rotatable bonds is 3. The standard InChI is InChI=1S/C24H20Cl2N6/c1-14-23(22-19(25)3-2-4-20(22)26)30-24-18-9-15(10-28-21(18)6-8-31(14)24)16-11-29-32(13-16)17-5-7-27-12-17/h2-4,6,8-11,13,17,27H,5,7,12H2,1H3/t17-/m0/s1. The lowest BCUT2D eigenvalue weighted by molar-refractivity contribution is 0.491. The molecule has 8 heteroatoms. The third kappa shape index (κ3) is 3.10. The van der Waals surface area contributed by atoms with Crippen LogP contribution in [0, 0.1) is 6.92 Å². The molecule has 1 saturated heterocycles. The van der Waals surface area contributed by atoms with E-state index in [9.17, 15) is 0 Å². The molecule has 0 amide bonds. The largest absolute Gasteiger partial charge is 0.315 e. The number of aromatic nitrogens is 5. The van der Waals surface area contributed by atoms with Gasteiger partial charge in [0.25, 0.3) is 0 Å². The Kier molecular flexibility index (Phi) is 4.68. The smallest absolute Gasteiger partial charge is 0.147 e. The highest BCUT2D eigenvalue weighted by atomic mass is 35.5. The fourth-order valence-corrected chi connectivity index (χ4v) is 5.07. The van der Waals surface area contributed by atoms with Gasteiger partial charge in [-0.05, 0) is 44.2 Å². The summed E-state index contributed by atoms with van der Waals surface area (Å²) in [5.74, 6) is 0. The maximum atomic E-state index is 6.48. The Morgan fingerprint density at radius 1 is 1.09 bits per heavy atom. The van der Waals surface area contributed by atoms with Crippen LogP contribution >= 0.6 is 23.2 Å². The van der Waals surface area contributed by atoms with E-state index in [1.807, 2.05) is 49.8 Å². The van der Waals surface area contributed by atoms with Gasteiger partial charge in [0.15, 0.2) is 0 Å². The van der Waals surface area contributed by atoms with Crippen molar-refractivity contribution in [3.8, 4) is 22.4 Å². The number of imidazole rings is 1. The Balaban J connectivity index is 1.51. The van der Waals surface area contributed by atoms with Crippen molar-refractivity contribution in [2.75, 3.05) is 13.1 Å². The molecule has 1 fully saturated rings. The van der Waals surface area contributed by atoms with Gasteiger partial charge < -0.3 is 9.72 Å². The van der Waals surface area contributed by atoms with E-state index in [4.69, 9.17) is 33.2 Å². The van der Waals surface area contributed by atoms with E-state index in [2.05, 4.69) is 31.8 Å². The van der Waals surface area contributed by atoms with Crippen molar-refractivity contribution < 1.29 is 0 Å². The van der Waals surface area contributed by atoms with Gasteiger partial charge in [-0.25, -0.2) is 4.98 Å². The third-order valence-corrected chi connectivity index (χ3v) is 6.86. The van der Waals surface area contributed by atoms with Crippen LogP contribution in [-0.4, -0.2) is 37.2 Å². The molecule has 0 spiro atoms. The zero-order chi connectivity index (χ0) is 21.8. The maximum absolute atomic E-state index is 6.48. The van der Waals surface area contributed by atoms with E-state index in [1.165, 1.54) is 0 Å². The molecule has 160 valence electrons. The molecular weight excluding hydrogens is 443 g/mol. The molecule has 1 N–H and O–H groups in total. The van der Waals surface area contributed by atoms with E-state index in [0.29, 0.717) is 16.1 Å². The Labute approximate surface area is 194 Å². The number of aryl methyl sites for hydroxylation is 1. The summed E-state index contributed by atoms with van der Waals surface area (Å²) in [6.07, 6.45) is 9.00. The zero-order valence-corrected chi connectivity index (χ0v) is 18.9. The second kappa shape index (κ2) is 7.59. The van der Waals surface area contributed by atoms with Gasteiger partial charge in [-0.1, -0.05) is 29.3 Å². The molecule has 5 aromatic rings. The molecule has 0 bridgehead atoms. The highest BCUT2D eigenvalue weighted by molar-refractivity contribution is 6.39. The molecule has 4 aromatic heterocycles. The number of halogens is 2. The molecule has 1 aromatic carbocycles. The molecule has 1 atom stereocenters. The van der Waals surface area contributed by atoms with Gasteiger partial charge in [0.05, 0.1) is 33.5 Å². The second-order valence-corrected chi connectivity index (χ2v) is 8.98. The van der Waals surface area contributed by atoms with Crippen LogP contribution in [0.5, 0.6) is 0 Å². The number of benzene rings is 1. The Bertz CT molecular complexity index is 1460. The first-order chi connectivity index (χ1) is 15.6. The Hall–Kier alpha value is -2.93. The molecular formula is C24H20Cl2N6. The Morgan fingerprint density at radius 2 is 1.94 bits per heavy atom. The van der Waals surface area contributed by atoms with E-state index >= 15 is 0 Å². The fraction of sp³-hybridized carbons (Fsp3) is 0.208. The van der Waals surface area contributed by atoms with Crippen LogP contribution in [0.15, 0.2) is 55.1 Å². The van der Waals surface area contributed by atoms with Crippen molar-refractivity contribution in [3.05, 3.63) is 70.9 Å². The summed E-state index contributed by atoms with van der Waals surface area (Å²) in [7, 11) is 0. The number of nitrogens with zero attached hydrogens (tertiary/aromatic N) is 5. The van der Waals surface area contributed by atoms with E-state index < -0.39 is 0 Å². The first-order valence-corrected chi connectivity index (χ1v) is 11.3. The highest BCUT2D eigenvalue weighted by Gasteiger charge is 2.19.